The molecule has 1 aromatic carbocycles. The Morgan fingerprint density at radius 1 is 1.26 bits per heavy atom. The Hall–Kier alpha value is -0.530. The van der Waals surface area contributed by atoms with E-state index in [9.17, 15) is 0 Å². The number of hydrogen-bond donors (Lipinski definition) is 1. The van der Waals surface area contributed by atoms with Gasteiger partial charge in [-0.15, -0.1) is 0 Å². The molecule has 1 nitrogen and oxygen atoms in total. The number of benzene rings is 1. The molecule has 1 N–H and O–H groups in total. The van der Waals surface area contributed by atoms with Crippen molar-refractivity contribution in [3.63, 3.8) is 0 Å². The molecule has 2 unspecified atom stereocenters. The maximum Gasteiger partial charge on any atom is 0.0406 e. The van der Waals surface area contributed by atoms with Gasteiger partial charge in [0.2, 0.25) is 0 Å². The van der Waals surface area contributed by atoms with Gasteiger partial charge in [0, 0.05) is 11.1 Å². The van der Waals surface area contributed by atoms with Crippen molar-refractivity contribution in [2.24, 2.45) is 11.8 Å². The average Bonchev–Trinajstić information content (AvgIpc) is 3.21. The van der Waals surface area contributed by atoms with E-state index >= 15 is 0 Å². The quantitative estimate of drug-likeness (QED) is 0.728. The first kappa shape index (κ1) is 14.9. The third kappa shape index (κ3) is 5.16. The summed E-state index contributed by atoms with van der Waals surface area (Å²) in [5, 5.41) is 4.53. The van der Waals surface area contributed by atoms with Gasteiger partial charge in [0.1, 0.15) is 0 Å². The van der Waals surface area contributed by atoms with E-state index in [0.717, 1.165) is 35.9 Å². The third-order valence-electron chi connectivity index (χ3n) is 4.21. The summed E-state index contributed by atoms with van der Waals surface area (Å²) in [6.07, 6.45) is 6.51. The van der Waals surface area contributed by atoms with Crippen LogP contribution in [-0.4, -0.2) is 12.6 Å². The van der Waals surface area contributed by atoms with Gasteiger partial charge in [0.15, 0.2) is 0 Å². The molecule has 1 fully saturated rings. The lowest BCUT2D eigenvalue weighted by Crippen LogP contribution is -2.30. The highest BCUT2D eigenvalue weighted by Crippen LogP contribution is 2.25. The Morgan fingerprint density at radius 2 is 1.95 bits per heavy atom. The van der Waals surface area contributed by atoms with E-state index < -0.39 is 0 Å². The second kappa shape index (κ2) is 7.31. The van der Waals surface area contributed by atoms with E-state index in [4.69, 9.17) is 11.6 Å². The molecule has 1 saturated carbocycles. The van der Waals surface area contributed by atoms with Crippen LogP contribution in [0.3, 0.4) is 0 Å². The van der Waals surface area contributed by atoms with Crippen molar-refractivity contribution < 1.29 is 0 Å². The highest BCUT2D eigenvalue weighted by atomic mass is 35.5. The fourth-order valence-electron chi connectivity index (χ4n) is 2.69. The molecule has 0 bridgehead atoms. The van der Waals surface area contributed by atoms with Crippen LogP contribution >= 0.6 is 11.6 Å². The summed E-state index contributed by atoms with van der Waals surface area (Å²) in [4.78, 5) is 0. The summed E-state index contributed by atoms with van der Waals surface area (Å²) in [6.45, 7) is 5.84. The van der Waals surface area contributed by atoms with Crippen molar-refractivity contribution in [3.05, 3.63) is 34.9 Å². The molecule has 0 aliphatic heterocycles. The van der Waals surface area contributed by atoms with Crippen molar-refractivity contribution in [1.29, 1.82) is 0 Å². The minimum absolute atomic E-state index is 0.738. The van der Waals surface area contributed by atoms with Crippen LogP contribution in [0.4, 0.5) is 0 Å². The van der Waals surface area contributed by atoms with Crippen LogP contribution in [0.25, 0.3) is 0 Å². The predicted octanol–water partition coefficient (Wildman–Crippen LogP) is 4.69. The highest BCUT2D eigenvalue weighted by Gasteiger charge is 2.24. The van der Waals surface area contributed by atoms with Crippen LogP contribution in [0.1, 0.15) is 45.1 Å². The molecule has 0 amide bonds. The van der Waals surface area contributed by atoms with Crippen molar-refractivity contribution >= 4 is 11.6 Å². The van der Waals surface area contributed by atoms with Crippen LogP contribution in [-0.2, 0) is 6.42 Å². The van der Waals surface area contributed by atoms with Gasteiger partial charge in [-0.2, -0.15) is 0 Å². The SMILES string of the molecule is CCCC(C)C(CNC1CC1)Cc1ccc(Cl)cc1. The third-order valence-corrected chi connectivity index (χ3v) is 4.46. The van der Waals surface area contributed by atoms with E-state index in [1.54, 1.807) is 0 Å². The molecule has 0 radical (unpaired) electrons. The first-order chi connectivity index (χ1) is 9.19. The van der Waals surface area contributed by atoms with Gasteiger partial charge >= 0.3 is 0 Å². The first-order valence-corrected chi connectivity index (χ1v) is 8.04. The van der Waals surface area contributed by atoms with E-state index in [1.807, 2.05) is 12.1 Å². The molecule has 19 heavy (non-hydrogen) atoms. The molecule has 0 saturated heterocycles. The van der Waals surface area contributed by atoms with Gasteiger partial charge in [-0.3, -0.25) is 0 Å². The zero-order valence-corrected chi connectivity index (χ0v) is 12.9. The summed E-state index contributed by atoms with van der Waals surface area (Å²) in [6, 6.07) is 9.16. The number of halogens is 1. The van der Waals surface area contributed by atoms with Gasteiger partial charge in [-0.1, -0.05) is 50.4 Å². The molecule has 1 aliphatic rings. The summed E-state index contributed by atoms with van der Waals surface area (Å²) < 4.78 is 0. The Kier molecular flexibility index (Phi) is 5.72. The summed E-state index contributed by atoms with van der Waals surface area (Å²) >= 11 is 5.96. The monoisotopic (exact) mass is 279 g/mol. The van der Waals surface area contributed by atoms with E-state index in [0.29, 0.717) is 0 Å². The Balaban J connectivity index is 1.92. The molecule has 0 heterocycles. The minimum atomic E-state index is 0.738. The second-order valence-corrected chi connectivity index (χ2v) is 6.48. The molecule has 106 valence electrons. The van der Waals surface area contributed by atoms with Crippen LogP contribution in [0, 0.1) is 11.8 Å². The summed E-state index contributed by atoms with van der Waals surface area (Å²) in [5.41, 5.74) is 1.41. The van der Waals surface area contributed by atoms with Gasteiger partial charge in [0.05, 0.1) is 0 Å². The van der Waals surface area contributed by atoms with Gasteiger partial charge in [-0.05, 0) is 55.3 Å². The standard InChI is InChI=1S/C17H26ClN/c1-3-4-13(2)15(12-19-17-9-10-17)11-14-5-7-16(18)8-6-14/h5-8,13,15,17,19H,3-4,9-12H2,1-2H3. The number of rotatable bonds is 8. The van der Waals surface area contributed by atoms with Crippen molar-refractivity contribution in [2.75, 3.05) is 6.54 Å². The largest absolute Gasteiger partial charge is 0.314 e. The molecule has 2 atom stereocenters. The predicted molar refractivity (Wildman–Crippen MR) is 83.7 cm³/mol. The molecular formula is C17H26ClN. The average molecular weight is 280 g/mol. The van der Waals surface area contributed by atoms with Crippen molar-refractivity contribution in [1.82, 2.24) is 5.32 Å². The van der Waals surface area contributed by atoms with E-state index in [1.165, 1.54) is 31.2 Å². The zero-order chi connectivity index (χ0) is 13.7. The summed E-state index contributed by atoms with van der Waals surface area (Å²) in [5.74, 6) is 1.52. The molecule has 0 aromatic heterocycles. The lowest BCUT2D eigenvalue weighted by Gasteiger charge is -2.24. The first-order valence-electron chi connectivity index (χ1n) is 7.67. The normalized spacial score (nSPS) is 18.3. The maximum absolute atomic E-state index is 5.96. The Bertz CT molecular complexity index is 369. The Labute approximate surface area is 122 Å². The molecule has 2 heteroatoms. The number of nitrogens with one attached hydrogen (secondary N) is 1. The maximum atomic E-state index is 5.96. The van der Waals surface area contributed by atoms with Gasteiger partial charge in [0.25, 0.3) is 0 Å². The fraction of sp³-hybridized carbons (Fsp3) is 0.647. The molecule has 0 spiro atoms. The van der Waals surface area contributed by atoms with Crippen molar-refractivity contribution in [3.8, 4) is 0 Å². The topological polar surface area (TPSA) is 12.0 Å². The van der Waals surface area contributed by atoms with Gasteiger partial charge < -0.3 is 5.32 Å². The van der Waals surface area contributed by atoms with Crippen LogP contribution < -0.4 is 5.32 Å². The number of hydrogen-bond acceptors (Lipinski definition) is 1. The van der Waals surface area contributed by atoms with Gasteiger partial charge in [-0.25, -0.2) is 0 Å². The lowest BCUT2D eigenvalue weighted by atomic mass is 9.85. The zero-order valence-electron chi connectivity index (χ0n) is 12.2. The van der Waals surface area contributed by atoms with Crippen LogP contribution in [0.5, 0.6) is 0 Å². The summed E-state index contributed by atoms with van der Waals surface area (Å²) in [7, 11) is 0. The molecule has 1 aromatic rings. The molecular weight excluding hydrogens is 254 g/mol. The minimum Gasteiger partial charge on any atom is -0.314 e. The fourth-order valence-corrected chi connectivity index (χ4v) is 2.82. The second-order valence-electron chi connectivity index (χ2n) is 6.04. The smallest absolute Gasteiger partial charge is 0.0406 e. The van der Waals surface area contributed by atoms with Crippen LogP contribution in [0.15, 0.2) is 24.3 Å². The molecule has 2 rings (SSSR count). The molecule has 1 aliphatic carbocycles. The van der Waals surface area contributed by atoms with Crippen molar-refractivity contribution in [2.45, 2.75) is 52.0 Å². The Morgan fingerprint density at radius 3 is 2.53 bits per heavy atom. The van der Waals surface area contributed by atoms with Crippen LogP contribution in [0.2, 0.25) is 5.02 Å². The lowest BCUT2D eigenvalue weighted by molar-refractivity contribution is 0.317. The highest BCUT2D eigenvalue weighted by molar-refractivity contribution is 6.30. The van der Waals surface area contributed by atoms with E-state index in [2.05, 4.69) is 31.3 Å². The van der Waals surface area contributed by atoms with E-state index in [-0.39, 0.29) is 0 Å².